The van der Waals surface area contributed by atoms with E-state index in [9.17, 15) is 0 Å². The van der Waals surface area contributed by atoms with Crippen LogP contribution in [0.2, 0.25) is 0 Å². The average Bonchev–Trinajstić information content (AvgIpc) is 2.88. The summed E-state index contributed by atoms with van der Waals surface area (Å²) >= 11 is 1.77. The molecule has 0 radical (unpaired) electrons. The SMILES string of the molecule is Cc1ccccc1OCc1cc2ccc(CN)cc2s1. The zero-order valence-corrected chi connectivity index (χ0v) is 12.2. The van der Waals surface area contributed by atoms with Crippen LogP contribution < -0.4 is 10.5 Å². The molecule has 102 valence electrons. The maximum Gasteiger partial charge on any atom is 0.122 e. The standard InChI is InChI=1S/C17H17NOS/c1-12-4-2-3-5-16(12)19-11-15-9-14-7-6-13(10-18)8-17(14)20-15/h2-9H,10-11,18H2,1H3. The summed E-state index contributed by atoms with van der Waals surface area (Å²) in [6.45, 7) is 3.26. The Hall–Kier alpha value is -1.84. The molecule has 3 rings (SSSR count). The van der Waals surface area contributed by atoms with Gasteiger partial charge in [0.1, 0.15) is 12.4 Å². The first kappa shape index (κ1) is 13.2. The van der Waals surface area contributed by atoms with Gasteiger partial charge in [-0.1, -0.05) is 30.3 Å². The molecule has 0 saturated heterocycles. The molecular weight excluding hydrogens is 266 g/mol. The van der Waals surface area contributed by atoms with Crippen LogP contribution in [0.25, 0.3) is 10.1 Å². The molecule has 0 aliphatic carbocycles. The third-order valence-electron chi connectivity index (χ3n) is 3.33. The lowest BCUT2D eigenvalue weighted by Crippen LogP contribution is -1.94. The summed E-state index contributed by atoms with van der Waals surface area (Å²) in [6, 6.07) is 16.7. The van der Waals surface area contributed by atoms with Crippen molar-refractivity contribution in [1.82, 2.24) is 0 Å². The molecule has 1 heterocycles. The Morgan fingerprint density at radius 2 is 1.95 bits per heavy atom. The van der Waals surface area contributed by atoms with Gasteiger partial charge in [0.05, 0.1) is 0 Å². The number of benzene rings is 2. The number of hydrogen-bond acceptors (Lipinski definition) is 3. The van der Waals surface area contributed by atoms with Crippen LogP contribution in [0.15, 0.2) is 48.5 Å². The normalized spacial score (nSPS) is 10.9. The predicted octanol–water partition coefficient (Wildman–Crippen LogP) is 4.25. The largest absolute Gasteiger partial charge is 0.488 e. The molecule has 0 amide bonds. The zero-order valence-electron chi connectivity index (χ0n) is 11.4. The molecule has 0 fully saturated rings. The second kappa shape index (κ2) is 5.65. The van der Waals surface area contributed by atoms with Crippen molar-refractivity contribution >= 4 is 21.4 Å². The summed E-state index contributed by atoms with van der Waals surface area (Å²) in [7, 11) is 0. The van der Waals surface area contributed by atoms with Crippen LogP contribution in [0.5, 0.6) is 5.75 Å². The van der Waals surface area contributed by atoms with Gasteiger partial charge in [-0.15, -0.1) is 11.3 Å². The Kier molecular flexibility index (Phi) is 3.72. The van der Waals surface area contributed by atoms with E-state index in [2.05, 4.69) is 37.3 Å². The lowest BCUT2D eigenvalue weighted by atomic mass is 10.2. The molecule has 0 unspecified atom stereocenters. The number of rotatable bonds is 4. The second-order valence-corrected chi connectivity index (χ2v) is 6.01. The maximum absolute atomic E-state index is 5.89. The molecule has 0 saturated carbocycles. The van der Waals surface area contributed by atoms with Crippen LogP contribution >= 0.6 is 11.3 Å². The molecule has 3 heteroatoms. The van der Waals surface area contributed by atoms with Gasteiger partial charge in [-0.3, -0.25) is 0 Å². The number of para-hydroxylation sites is 1. The number of ether oxygens (including phenoxy) is 1. The van der Waals surface area contributed by atoms with Gasteiger partial charge in [0.15, 0.2) is 0 Å². The Labute approximate surface area is 122 Å². The number of fused-ring (bicyclic) bond motifs is 1. The molecule has 3 aromatic rings. The highest BCUT2D eigenvalue weighted by Crippen LogP contribution is 2.28. The maximum atomic E-state index is 5.89. The predicted molar refractivity (Wildman–Crippen MR) is 85.2 cm³/mol. The highest BCUT2D eigenvalue weighted by atomic mass is 32.1. The van der Waals surface area contributed by atoms with Crippen molar-refractivity contribution in [2.45, 2.75) is 20.1 Å². The summed E-state index contributed by atoms with van der Waals surface area (Å²) in [5.41, 5.74) is 8.02. The van der Waals surface area contributed by atoms with Crippen LogP contribution in [-0.2, 0) is 13.2 Å². The summed E-state index contributed by atoms with van der Waals surface area (Å²) < 4.78 is 7.17. The van der Waals surface area contributed by atoms with E-state index in [1.54, 1.807) is 11.3 Å². The second-order valence-electron chi connectivity index (χ2n) is 4.84. The van der Waals surface area contributed by atoms with Gasteiger partial charge in [0.25, 0.3) is 0 Å². The molecule has 2 aromatic carbocycles. The fourth-order valence-corrected chi connectivity index (χ4v) is 3.24. The molecule has 0 aliphatic rings. The zero-order chi connectivity index (χ0) is 13.9. The van der Waals surface area contributed by atoms with Gasteiger partial charge < -0.3 is 10.5 Å². The van der Waals surface area contributed by atoms with E-state index in [0.29, 0.717) is 13.2 Å². The lowest BCUT2D eigenvalue weighted by Gasteiger charge is -2.06. The molecule has 1 aromatic heterocycles. The highest BCUT2D eigenvalue weighted by Gasteiger charge is 2.04. The van der Waals surface area contributed by atoms with Crippen molar-refractivity contribution in [3.63, 3.8) is 0 Å². The van der Waals surface area contributed by atoms with E-state index in [1.165, 1.54) is 26.1 Å². The van der Waals surface area contributed by atoms with Gasteiger partial charge in [0.2, 0.25) is 0 Å². The summed E-state index contributed by atoms with van der Waals surface area (Å²) in [4.78, 5) is 1.23. The molecule has 0 bridgehead atoms. The van der Waals surface area contributed by atoms with Crippen LogP contribution in [0.4, 0.5) is 0 Å². The number of nitrogens with two attached hydrogens (primary N) is 1. The molecular formula is C17H17NOS. The lowest BCUT2D eigenvalue weighted by molar-refractivity contribution is 0.308. The monoisotopic (exact) mass is 283 g/mol. The van der Waals surface area contributed by atoms with E-state index in [-0.39, 0.29) is 0 Å². The topological polar surface area (TPSA) is 35.2 Å². The van der Waals surface area contributed by atoms with Crippen molar-refractivity contribution in [3.05, 3.63) is 64.5 Å². The van der Waals surface area contributed by atoms with E-state index in [1.807, 2.05) is 18.2 Å². The van der Waals surface area contributed by atoms with Crippen LogP contribution in [0.3, 0.4) is 0 Å². The minimum absolute atomic E-state index is 0.586. The Balaban J connectivity index is 1.79. The molecule has 0 aliphatic heterocycles. The van der Waals surface area contributed by atoms with Crippen molar-refractivity contribution in [2.24, 2.45) is 5.73 Å². The van der Waals surface area contributed by atoms with Crippen molar-refractivity contribution < 1.29 is 4.74 Å². The quantitative estimate of drug-likeness (QED) is 0.777. The third-order valence-corrected chi connectivity index (χ3v) is 4.41. The fourth-order valence-electron chi connectivity index (χ4n) is 2.20. The Morgan fingerprint density at radius 1 is 1.10 bits per heavy atom. The number of aryl methyl sites for hydroxylation is 1. The first-order valence-corrected chi connectivity index (χ1v) is 7.48. The number of thiophene rings is 1. The van der Waals surface area contributed by atoms with Crippen LogP contribution in [0, 0.1) is 6.92 Å². The van der Waals surface area contributed by atoms with Gasteiger partial charge >= 0.3 is 0 Å². The summed E-state index contributed by atoms with van der Waals surface area (Å²) in [5.74, 6) is 0.951. The minimum atomic E-state index is 0.586. The van der Waals surface area contributed by atoms with Crippen LogP contribution in [0.1, 0.15) is 16.0 Å². The smallest absolute Gasteiger partial charge is 0.122 e. The van der Waals surface area contributed by atoms with Gasteiger partial charge in [-0.25, -0.2) is 0 Å². The van der Waals surface area contributed by atoms with Crippen molar-refractivity contribution in [1.29, 1.82) is 0 Å². The molecule has 2 N–H and O–H groups in total. The number of hydrogen-bond donors (Lipinski definition) is 1. The average molecular weight is 283 g/mol. The van der Waals surface area contributed by atoms with Crippen molar-refractivity contribution in [2.75, 3.05) is 0 Å². The minimum Gasteiger partial charge on any atom is -0.488 e. The Bertz CT molecular complexity index is 733. The van der Waals surface area contributed by atoms with E-state index in [0.717, 1.165) is 5.75 Å². The van der Waals surface area contributed by atoms with E-state index in [4.69, 9.17) is 10.5 Å². The Morgan fingerprint density at radius 3 is 2.75 bits per heavy atom. The first-order valence-electron chi connectivity index (χ1n) is 6.66. The molecule has 0 spiro atoms. The molecule has 2 nitrogen and oxygen atoms in total. The van der Waals surface area contributed by atoms with Gasteiger partial charge in [-0.05, 0) is 41.6 Å². The van der Waals surface area contributed by atoms with Gasteiger partial charge in [0, 0.05) is 16.1 Å². The van der Waals surface area contributed by atoms with E-state index < -0.39 is 0 Å². The van der Waals surface area contributed by atoms with Crippen molar-refractivity contribution in [3.8, 4) is 5.75 Å². The van der Waals surface area contributed by atoms with E-state index >= 15 is 0 Å². The highest BCUT2D eigenvalue weighted by molar-refractivity contribution is 7.19. The summed E-state index contributed by atoms with van der Waals surface area (Å²) in [6.07, 6.45) is 0. The third kappa shape index (κ3) is 2.69. The first-order chi connectivity index (χ1) is 9.76. The van der Waals surface area contributed by atoms with Gasteiger partial charge in [-0.2, -0.15) is 0 Å². The summed E-state index contributed by atoms with van der Waals surface area (Å²) in [5, 5.41) is 1.26. The van der Waals surface area contributed by atoms with Crippen LogP contribution in [-0.4, -0.2) is 0 Å². The fraction of sp³-hybridized carbons (Fsp3) is 0.176. The molecule has 20 heavy (non-hydrogen) atoms. The molecule has 0 atom stereocenters.